The number of hydrogen-bond donors (Lipinski definition) is 1. The number of carbonyl (C=O) groups is 2. The fourth-order valence-corrected chi connectivity index (χ4v) is 2.64. The van der Waals surface area contributed by atoms with Gasteiger partial charge in [-0.15, -0.1) is 0 Å². The Morgan fingerprint density at radius 1 is 1.43 bits per heavy atom. The number of β-lactam (4-membered cyclic amide) rings is 1. The van der Waals surface area contributed by atoms with Crippen LogP contribution in [0.3, 0.4) is 0 Å². The Morgan fingerprint density at radius 3 is 2.61 bits per heavy atom. The molecule has 1 unspecified atom stereocenters. The zero-order valence-corrected chi connectivity index (χ0v) is 14.7. The Labute approximate surface area is 141 Å². The van der Waals surface area contributed by atoms with Crippen LogP contribution in [0.15, 0.2) is 24.3 Å². The molecule has 1 aliphatic heterocycles. The van der Waals surface area contributed by atoms with Gasteiger partial charge in [0.2, 0.25) is 5.91 Å². The zero-order valence-electron chi connectivity index (χ0n) is 14.0. The Balaban J connectivity index is 2.14. The normalized spacial score (nSPS) is 20.5. The molecule has 2 amide bonds. The van der Waals surface area contributed by atoms with E-state index >= 15 is 0 Å². The number of ether oxygens (including phenoxy) is 1. The van der Waals surface area contributed by atoms with Crippen molar-refractivity contribution in [3.05, 3.63) is 34.9 Å². The minimum Gasteiger partial charge on any atom is -0.444 e. The summed E-state index contributed by atoms with van der Waals surface area (Å²) in [5.41, 5.74) is -0.461. The summed E-state index contributed by atoms with van der Waals surface area (Å²) in [5, 5.41) is 3.35. The second kappa shape index (κ2) is 6.40. The third kappa shape index (κ3) is 4.16. The van der Waals surface area contributed by atoms with Gasteiger partial charge >= 0.3 is 6.09 Å². The molecule has 0 bridgehead atoms. The molecule has 126 valence electrons. The van der Waals surface area contributed by atoms with Crippen LogP contribution in [0.5, 0.6) is 0 Å². The standard InChI is InChI=1S/C17H23ClN2O3/c1-16(2,3)23-15(22)20(17(4)11-19-14(17)21)9-8-12-6-5-7-13(18)10-12/h5-7,10H,8-9,11H2,1-4H3,(H,19,21). The highest BCUT2D eigenvalue weighted by molar-refractivity contribution is 6.30. The highest BCUT2D eigenvalue weighted by Crippen LogP contribution is 2.25. The molecular formula is C17H23ClN2O3. The van der Waals surface area contributed by atoms with Crippen molar-refractivity contribution in [3.8, 4) is 0 Å². The third-order valence-corrected chi connectivity index (χ3v) is 4.04. The average molecular weight is 339 g/mol. The van der Waals surface area contributed by atoms with E-state index in [2.05, 4.69) is 5.32 Å². The van der Waals surface area contributed by atoms with Crippen LogP contribution in [0.1, 0.15) is 33.3 Å². The van der Waals surface area contributed by atoms with Crippen molar-refractivity contribution in [2.45, 2.75) is 45.3 Å². The Morgan fingerprint density at radius 2 is 2.13 bits per heavy atom. The molecule has 0 radical (unpaired) electrons. The second-order valence-corrected chi connectivity index (χ2v) is 7.40. The average Bonchev–Trinajstić information content (AvgIpc) is 2.43. The lowest BCUT2D eigenvalue weighted by atomic mass is 9.91. The van der Waals surface area contributed by atoms with E-state index in [1.54, 1.807) is 13.0 Å². The summed E-state index contributed by atoms with van der Waals surface area (Å²) in [6.07, 6.45) is 0.125. The Bertz CT molecular complexity index is 612. The first-order chi connectivity index (χ1) is 10.6. The first-order valence-corrected chi connectivity index (χ1v) is 8.03. The number of nitrogens with one attached hydrogen (secondary N) is 1. The van der Waals surface area contributed by atoms with Gasteiger partial charge in [-0.3, -0.25) is 9.69 Å². The van der Waals surface area contributed by atoms with Crippen molar-refractivity contribution in [3.63, 3.8) is 0 Å². The molecule has 1 aliphatic rings. The van der Waals surface area contributed by atoms with Gasteiger partial charge in [0.25, 0.3) is 0 Å². The fraction of sp³-hybridized carbons (Fsp3) is 0.529. The Hall–Kier alpha value is -1.75. The maximum Gasteiger partial charge on any atom is 0.411 e. The monoisotopic (exact) mass is 338 g/mol. The van der Waals surface area contributed by atoms with Crippen molar-refractivity contribution in [1.29, 1.82) is 0 Å². The molecule has 0 aliphatic carbocycles. The number of halogens is 1. The second-order valence-electron chi connectivity index (χ2n) is 6.97. The van der Waals surface area contributed by atoms with Gasteiger partial charge in [0.1, 0.15) is 11.1 Å². The predicted octanol–water partition coefficient (Wildman–Crippen LogP) is 3.01. The third-order valence-electron chi connectivity index (χ3n) is 3.81. The molecule has 23 heavy (non-hydrogen) atoms. The van der Waals surface area contributed by atoms with Gasteiger partial charge in [-0.25, -0.2) is 4.79 Å². The van der Waals surface area contributed by atoms with Crippen LogP contribution in [0.25, 0.3) is 0 Å². The lowest BCUT2D eigenvalue weighted by Gasteiger charge is -2.46. The van der Waals surface area contributed by atoms with Crippen molar-refractivity contribution in [2.75, 3.05) is 13.1 Å². The molecule has 1 saturated heterocycles. The van der Waals surface area contributed by atoms with E-state index in [1.165, 1.54) is 4.90 Å². The molecule has 1 N–H and O–H groups in total. The SMILES string of the molecule is CC(C)(C)OC(=O)N(CCc1cccc(Cl)c1)C1(C)CNC1=O. The molecule has 6 heteroatoms. The Kier molecular flexibility index (Phi) is 4.90. The van der Waals surface area contributed by atoms with Crippen LogP contribution < -0.4 is 5.32 Å². The summed E-state index contributed by atoms with van der Waals surface area (Å²) >= 11 is 5.99. The maximum absolute atomic E-state index is 12.5. The molecule has 2 rings (SSSR count). The lowest BCUT2D eigenvalue weighted by molar-refractivity contribution is -0.141. The van der Waals surface area contributed by atoms with Crippen LogP contribution in [-0.2, 0) is 16.0 Å². The van der Waals surface area contributed by atoms with Crippen molar-refractivity contribution < 1.29 is 14.3 Å². The van der Waals surface area contributed by atoms with Crippen molar-refractivity contribution in [2.24, 2.45) is 0 Å². The molecule has 1 heterocycles. The number of nitrogens with zero attached hydrogens (tertiary/aromatic N) is 1. The molecule has 0 spiro atoms. The number of benzene rings is 1. The van der Waals surface area contributed by atoms with Gasteiger partial charge in [0.15, 0.2) is 0 Å². The van der Waals surface area contributed by atoms with E-state index in [9.17, 15) is 9.59 Å². The van der Waals surface area contributed by atoms with Crippen LogP contribution in [0.4, 0.5) is 4.79 Å². The summed E-state index contributed by atoms with van der Waals surface area (Å²) < 4.78 is 5.46. The van der Waals surface area contributed by atoms with Gasteiger partial charge in [0.05, 0.1) is 0 Å². The van der Waals surface area contributed by atoms with Gasteiger partial charge in [0, 0.05) is 18.1 Å². The van der Waals surface area contributed by atoms with E-state index in [4.69, 9.17) is 16.3 Å². The summed E-state index contributed by atoms with van der Waals surface area (Å²) in [4.78, 5) is 26.0. The van der Waals surface area contributed by atoms with Crippen LogP contribution in [0, 0.1) is 0 Å². The molecular weight excluding hydrogens is 316 g/mol. The smallest absolute Gasteiger partial charge is 0.411 e. The number of rotatable bonds is 4. The lowest BCUT2D eigenvalue weighted by Crippen LogP contribution is -2.72. The number of carbonyl (C=O) groups excluding carboxylic acids is 2. The summed E-state index contributed by atoms with van der Waals surface area (Å²) in [5.74, 6) is -0.158. The van der Waals surface area contributed by atoms with E-state index in [-0.39, 0.29) is 5.91 Å². The summed E-state index contributed by atoms with van der Waals surface area (Å²) in [6.45, 7) is 8.00. The van der Waals surface area contributed by atoms with Crippen LogP contribution >= 0.6 is 11.6 Å². The fourth-order valence-electron chi connectivity index (χ4n) is 2.42. The van der Waals surface area contributed by atoms with Crippen LogP contribution in [-0.4, -0.2) is 41.1 Å². The molecule has 5 nitrogen and oxygen atoms in total. The first kappa shape index (κ1) is 17.6. The van der Waals surface area contributed by atoms with E-state index < -0.39 is 17.2 Å². The van der Waals surface area contributed by atoms with Gasteiger partial charge in [-0.1, -0.05) is 23.7 Å². The number of amides is 2. The molecule has 0 aromatic heterocycles. The molecule has 1 aromatic rings. The van der Waals surface area contributed by atoms with E-state index in [0.29, 0.717) is 24.5 Å². The zero-order chi connectivity index (χ0) is 17.3. The minimum atomic E-state index is -0.860. The summed E-state index contributed by atoms with van der Waals surface area (Å²) in [6, 6.07) is 7.48. The quantitative estimate of drug-likeness (QED) is 0.858. The highest BCUT2D eigenvalue weighted by Gasteiger charge is 2.49. The molecule has 1 fully saturated rings. The molecule has 0 saturated carbocycles. The maximum atomic E-state index is 12.5. The topological polar surface area (TPSA) is 58.6 Å². The number of hydrogen-bond acceptors (Lipinski definition) is 3. The van der Waals surface area contributed by atoms with Gasteiger partial charge < -0.3 is 10.1 Å². The van der Waals surface area contributed by atoms with E-state index in [1.807, 2.05) is 39.0 Å². The van der Waals surface area contributed by atoms with Gasteiger partial charge in [-0.2, -0.15) is 0 Å². The predicted molar refractivity (Wildman–Crippen MR) is 89.5 cm³/mol. The molecule has 1 atom stereocenters. The van der Waals surface area contributed by atoms with Crippen LogP contribution in [0.2, 0.25) is 5.02 Å². The first-order valence-electron chi connectivity index (χ1n) is 7.65. The van der Waals surface area contributed by atoms with Crippen molar-refractivity contribution >= 4 is 23.6 Å². The molecule has 1 aromatic carbocycles. The van der Waals surface area contributed by atoms with Gasteiger partial charge in [-0.05, 0) is 51.8 Å². The van der Waals surface area contributed by atoms with E-state index in [0.717, 1.165) is 5.56 Å². The van der Waals surface area contributed by atoms with Crippen molar-refractivity contribution in [1.82, 2.24) is 10.2 Å². The summed E-state index contributed by atoms with van der Waals surface area (Å²) in [7, 11) is 0. The minimum absolute atomic E-state index is 0.158. The highest BCUT2D eigenvalue weighted by atomic mass is 35.5. The largest absolute Gasteiger partial charge is 0.444 e.